The predicted molar refractivity (Wildman–Crippen MR) is 58.0 cm³/mol. The maximum Gasteiger partial charge on any atom is 0.171 e. The van der Waals surface area contributed by atoms with Gasteiger partial charge in [0.05, 0.1) is 16.1 Å². The van der Waals surface area contributed by atoms with Gasteiger partial charge in [-0.3, -0.25) is 4.79 Å². The molecule has 0 bridgehead atoms. The number of aromatic nitrogens is 2. The zero-order chi connectivity index (χ0) is 10.1. The molecule has 0 amide bonds. The number of hydrogen-bond donors (Lipinski definition) is 0. The van der Waals surface area contributed by atoms with Gasteiger partial charge in [0.2, 0.25) is 0 Å². The van der Waals surface area contributed by atoms with E-state index >= 15 is 0 Å². The van der Waals surface area contributed by atoms with Crippen LogP contribution in [0.25, 0.3) is 10.7 Å². The van der Waals surface area contributed by atoms with E-state index in [1.807, 2.05) is 12.3 Å². The quantitative estimate of drug-likeness (QED) is 0.737. The summed E-state index contributed by atoms with van der Waals surface area (Å²) >= 11 is 2.94. The van der Waals surface area contributed by atoms with Crippen LogP contribution in [-0.4, -0.2) is 15.8 Å². The smallest absolute Gasteiger partial charge is 0.171 e. The fraction of sp³-hybridized carbons (Fsp3) is 0.222. The lowest BCUT2D eigenvalue weighted by molar-refractivity contribution is 0.102. The Morgan fingerprint density at radius 1 is 1.50 bits per heavy atom. The van der Waals surface area contributed by atoms with E-state index in [0.717, 1.165) is 21.3 Å². The third-order valence-electron chi connectivity index (χ3n) is 1.77. The number of carbonyl (C=O) groups excluding carboxylic acids is 1. The average molecular weight is 224 g/mol. The lowest BCUT2D eigenvalue weighted by atomic mass is 10.3. The van der Waals surface area contributed by atoms with Gasteiger partial charge in [0.15, 0.2) is 5.78 Å². The fourth-order valence-electron chi connectivity index (χ4n) is 1.15. The third kappa shape index (κ3) is 1.60. The zero-order valence-electron chi connectivity index (χ0n) is 7.77. The van der Waals surface area contributed by atoms with Crippen LogP contribution in [0.5, 0.6) is 0 Å². The van der Waals surface area contributed by atoms with Crippen LogP contribution in [0.3, 0.4) is 0 Å². The Morgan fingerprint density at radius 3 is 2.79 bits per heavy atom. The summed E-state index contributed by atoms with van der Waals surface area (Å²) in [5, 5.41) is 2.76. The maximum absolute atomic E-state index is 11.2. The first-order valence-corrected chi connectivity index (χ1v) is 5.81. The summed E-state index contributed by atoms with van der Waals surface area (Å²) in [4.78, 5) is 20.4. The van der Waals surface area contributed by atoms with E-state index in [2.05, 4.69) is 9.97 Å². The summed E-state index contributed by atoms with van der Waals surface area (Å²) in [7, 11) is 0. The van der Waals surface area contributed by atoms with Crippen LogP contribution in [0.1, 0.15) is 22.3 Å². The van der Waals surface area contributed by atoms with Gasteiger partial charge in [-0.25, -0.2) is 9.97 Å². The van der Waals surface area contributed by atoms with Crippen molar-refractivity contribution in [3.05, 3.63) is 21.5 Å². The number of thiazole rings is 2. The molecule has 2 rings (SSSR count). The molecule has 3 nitrogen and oxygen atoms in total. The van der Waals surface area contributed by atoms with Crippen LogP contribution in [0.4, 0.5) is 0 Å². The van der Waals surface area contributed by atoms with E-state index in [-0.39, 0.29) is 5.78 Å². The first-order valence-electron chi connectivity index (χ1n) is 4.05. The molecule has 2 aromatic rings. The molecular weight excluding hydrogens is 216 g/mol. The Labute approximate surface area is 89.5 Å². The molecule has 0 unspecified atom stereocenters. The molecule has 0 aliphatic carbocycles. The maximum atomic E-state index is 11.2. The highest BCUT2D eigenvalue weighted by Crippen LogP contribution is 2.27. The molecule has 0 aliphatic heterocycles. The van der Waals surface area contributed by atoms with Gasteiger partial charge in [-0.05, 0) is 6.92 Å². The van der Waals surface area contributed by atoms with Crippen molar-refractivity contribution in [1.82, 2.24) is 9.97 Å². The lowest BCUT2D eigenvalue weighted by Gasteiger charge is -1.85. The third-order valence-corrected chi connectivity index (χ3v) is 3.64. The van der Waals surface area contributed by atoms with E-state index in [1.165, 1.54) is 22.7 Å². The van der Waals surface area contributed by atoms with Crippen LogP contribution in [0.15, 0.2) is 10.9 Å². The molecule has 0 saturated heterocycles. The minimum Gasteiger partial charge on any atom is -0.294 e. The van der Waals surface area contributed by atoms with Crippen molar-refractivity contribution in [3.63, 3.8) is 0 Å². The second-order valence-electron chi connectivity index (χ2n) is 2.86. The lowest BCUT2D eigenvalue weighted by Crippen LogP contribution is -1.89. The van der Waals surface area contributed by atoms with Gasteiger partial charge in [0.25, 0.3) is 0 Å². The SMILES string of the molecule is CC(=O)c1sc(-c2cscn2)nc1C. The topological polar surface area (TPSA) is 42.9 Å². The van der Waals surface area contributed by atoms with Crippen molar-refractivity contribution in [1.29, 1.82) is 0 Å². The van der Waals surface area contributed by atoms with E-state index < -0.39 is 0 Å². The Morgan fingerprint density at radius 2 is 2.29 bits per heavy atom. The van der Waals surface area contributed by atoms with Crippen molar-refractivity contribution in [2.75, 3.05) is 0 Å². The molecule has 5 heteroatoms. The Bertz CT molecular complexity index is 459. The summed E-state index contributed by atoms with van der Waals surface area (Å²) in [5.41, 5.74) is 3.42. The van der Waals surface area contributed by atoms with Gasteiger partial charge >= 0.3 is 0 Å². The number of Topliss-reactive ketones (excluding diaryl/α,β-unsaturated/α-hetero) is 1. The highest BCUT2D eigenvalue weighted by Gasteiger charge is 2.13. The minimum absolute atomic E-state index is 0.0708. The molecule has 0 N–H and O–H groups in total. The highest BCUT2D eigenvalue weighted by atomic mass is 32.1. The Balaban J connectivity index is 2.48. The number of carbonyl (C=O) groups is 1. The molecule has 2 heterocycles. The van der Waals surface area contributed by atoms with Crippen LogP contribution < -0.4 is 0 Å². The number of ketones is 1. The molecule has 0 aliphatic rings. The zero-order valence-corrected chi connectivity index (χ0v) is 9.41. The van der Waals surface area contributed by atoms with Gasteiger partial charge in [-0.1, -0.05) is 0 Å². The van der Waals surface area contributed by atoms with Gasteiger partial charge in [-0.15, -0.1) is 22.7 Å². The molecule has 2 aromatic heterocycles. The normalized spacial score (nSPS) is 10.4. The molecule has 0 atom stereocenters. The van der Waals surface area contributed by atoms with Gasteiger partial charge < -0.3 is 0 Å². The van der Waals surface area contributed by atoms with Gasteiger partial charge in [-0.2, -0.15) is 0 Å². The molecule has 0 spiro atoms. The summed E-state index contributed by atoms with van der Waals surface area (Å²) in [6.07, 6.45) is 0. The second-order valence-corrected chi connectivity index (χ2v) is 4.58. The molecule has 14 heavy (non-hydrogen) atoms. The van der Waals surface area contributed by atoms with Crippen molar-refractivity contribution >= 4 is 28.5 Å². The summed E-state index contributed by atoms with van der Waals surface area (Å²) < 4.78 is 0. The van der Waals surface area contributed by atoms with Crippen LogP contribution in [0, 0.1) is 6.92 Å². The van der Waals surface area contributed by atoms with Crippen LogP contribution in [0.2, 0.25) is 0 Å². The molecule has 0 radical (unpaired) electrons. The summed E-state index contributed by atoms with van der Waals surface area (Å²) in [5.74, 6) is 0.0708. The highest BCUT2D eigenvalue weighted by molar-refractivity contribution is 7.17. The summed E-state index contributed by atoms with van der Waals surface area (Å²) in [6.45, 7) is 3.41. The first kappa shape index (κ1) is 9.48. The van der Waals surface area contributed by atoms with Crippen LogP contribution >= 0.6 is 22.7 Å². The van der Waals surface area contributed by atoms with Gasteiger partial charge in [0, 0.05) is 12.3 Å². The molecule has 72 valence electrons. The first-order chi connectivity index (χ1) is 6.68. The van der Waals surface area contributed by atoms with E-state index in [9.17, 15) is 4.79 Å². The van der Waals surface area contributed by atoms with Gasteiger partial charge in [0.1, 0.15) is 10.7 Å². The predicted octanol–water partition coefficient (Wildman–Crippen LogP) is 2.78. The summed E-state index contributed by atoms with van der Waals surface area (Å²) in [6, 6.07) is 0. The Hall–Kier alpha value is -1.07. The Kier molecular flexibility index (Phi) is 2.43. The largest absolute Gasteiger partial charge is 0.294 e. The number of aryl methyl sites for hydroxylation is 1. The number of nitrogens with zero attached hydrogens (tertiary/aromatic N) is 2. The average Bonchev–Trinajstić information content (AvgIpc) is 2.70. The second kappa shape index (κ2) is 3.59. The standard InChI is InChI=1S/C9H8N2OS2/c1-5-8(6(2)12)14-9(11-5)7-3-13-4-10-7/h3-4H,1-2H3. The van der Waals surface area contributed by atoms with Crippen LogP contribution in [-0.2, 0) is 0 Å². The van der Waals surface area contributed by atoms with E-state index in [1.54, 1.807) is 12.4 Å². The fourth-order valence-corrected chi connectivity index (χ4v) is 2.69. The number of hydrogen-bond acceptors (Lipinski definition) is 5. The number of rotatable bonds is 2. The molecule has 0 aromatic carbocycles. The van der Waals surface area contributed by atoms with E-state index in [0.29, 0.717) is 0 Å². The van der Waals surface area contributed by atoms with Crippen molar-refractivity contribution in [3.8, 4) is 10.7 Å². The monoisotopic (exact) mass is 224 g/mol. The van der Waals surface area contributed by atoms with E-state index in [4.69, 9.17) is 0 Å². The molecule has 0 fully saturated rings. The minimum atomic E-state index is 0.0708. The molecule has 0 saturated carbocycles. The molecular formula is C9H8N2OS2. The van der Waals surface area contributed by atoms with Crippen molar-refractivity contribution in [2.45, 2.75) is 13.8 Å². The van der Waals surface area contributed by atoms with Crippen molar-refractivity contribution in [2.24, 2.45) is 0 Å². The van der Waals surface area contributed by atoms with Crippen molar-refractivity contribution < 1.29 is 4.79 Å².